The van der Waals surface area contributed by atoms with Gasteiger partial charge in [0.2, 0.25) is 11.8 Å². The lowest BCUT2D eigenvalue weighted by Crippen LogP contribution is -2.43. The van der Waals surface area contributed by atoms with E-state index in [1.807, 2.05) is 91.2 Å². The van der Waals surface area contributed by atoms with E-state index in [0.717, 1.165) is 27.9 Å². The van der Waals surface area contributed by atoms with Crippen LogP contribution in [-0.2, 0) is 20.7 Å². The van der Waals surface area contributed by atoms with E-state index in [2.05, 4.69) is 0 Å². The molecule has 0 aliphatic carbocycles. The fourth-order valence-corrected chi connectivity index (χ4v) is 5.49. The molecule has 0 unspecified atom stereocenters. The van der Waals surface area contributed by atoms with Crippen molar-refractivity contribution in [2.24, 2.45) is 0 Å². The molecule has 0 bridgehead atoms. The number of anilines is 1. The van der Waals surface area contributed by atoms with Crippen molar-refractivity contribution in [3.63, 3.8) is 0 Å². The van der Waals surface area contributed by atoms with Crippen molar-refractivity contribution in [3.05, 3.63) is 87.9 Å². The molecule has 3 aromatic carbocycles. The van der Waals surface area contributed by atoms with Gasteiger partial charge in [0.15, 0.2) is 11.5 Å². The minimum atomic E-state index is -0.386. The fourth-order valence-electron chi connectivity index (χ4n) is 5.36. The van der Waals surface area contributed by atoms with Gasteiger partial charge in [0, 0.05) is 17.3 Å². The first-order valence-corrected chi connectivity index (χ1v) is 13.6. The zero-order valence-electron chi connectivity index (χ0n) is 22.6. The first-order chi connectivity index (χ1) is 18.8. The molecule has 2 aliphatic heterocycles. The average molecular weight is 549 g/mol. The summed E-state index contributed by atoms with van der Waals surface area (Å²) < 4.78 is 17.0. The summed E-state index contributed by atoms with van der Waals surface area (Å²) >= 11 is 6.22. The van der Waals surface area contributed by atoms with Crippen LogP contribution in [0.1, 0.15) is 55.1 Å². The van der Waals surface area contributed by atoms with Crippen LogP contribution in [-0.4, -0.2) is 49.7 Å². The number of halogens is 1. The molecule has 1 saturated heterocycles. The Balaban J connectivity index is 1.56. The number of fused-ring (bicyclic) bond motifs is 1. The van der Waals surface area contributed by atoms with Crippen LogP contribution in [0.4, 0.5) is 5.69 Å². The van der Waals surface area contributed by atoms with Gasteiger partial charge in [0.1, 0.15) is 6.61 Å². The second-order valence-corrected chi connectivity index (χ2v) is 10.6. The SMILES string of the molecule is COc1cc2c(cc1OC(C)C)[C@H](c1ccc(Cl)cc1)N(c1ccc([C@H](C)N3CCOCC3=O)cc1)C(=O)C2. The van der Waals surface area contributed by atoms with Gasteiger partial charge in [0.05, 0.1) is 38.3 Å². The molecule has 2 atom stereocenters. The van der Waals surface area contributed by atoms with Crippen LogP contribution in [0.5, 0.6) is 11.5 Å². The number of morpholine rings is 1. The minimum absolute atomic E-state index is 0.0155. The lowest BCUT2D eigenvalue weighted by atomic mass is 9.86. The molecular weight excluding hydrogens is 516 g/mol. The van der Waals surface area contributed by atoms with Crippen LogP contribution in [0.15, 0.2) is 60.7 Å². The summed E-state index contributed by atoms with van der Waals surface area (Å²) in [5.41, 5.74) is 4.59. The number of hydrogen-bond acceptors (Lipinski definition) is 5. The number of rotatable bonds is 7. The highest BCUT2D eigenvalue weighted by Crippen LogP contribution is 2.44. The first-order valence-electron chi connectivity index (χ1n) is 13.2. The van der Waals surface area contributed by atoms with Crippen LogP contribution >= 0.6 is 11.6 Å². The quantitative estimate of drug-likeness (QED) is 0.377. The molecule has 2 heterocycles. The van der Waals surface area contributed by atoms with Gasteiger partial charge in [-0.25, -0.2) is 0 Å². The number of ether oxygens (including phenoxy) is 3. The van der Waals surface area contributed by atoms with Crippen LogP contribution in [0.25, 0.3) is 0 Å². The Hall–Kier alpha value is -3.55. The maximum absolute atomic E-state index is 13.7. The minimum Gasteiger partial charge on any atom is -0.493 e. The van der Waals surface area contributed by atoms with Gasteiger partial charge in [-0.3, -0.25) is 9.59 Å². The molecule has 0 spiro atoms. The van der Waals surface area contributed by atoms with Crippen molar-refractivity contribution >= 4 is 29.1 Å². The summed E-state index contributed by atoms with van der Waals surface area (Å²) in [5.74, 6) is 1.21. The average Bonchev–Trinajstić information content (AvgIpc) is 2.92. The molecule has 204 valence electrons. The Morgan fingerprint density at radius 1 is 0.949 bits per heavy atom. The number of carbonyl (C=O) groups is 2. The highest BCUT2D eigenvalue weighted by molar-refractivity contribution is 6.30. The monoisotopic (exact) mass is 548 g/mol. The Bertz CT molecular complexity index is 1360. The second-order valence-electron chi connectivity index (χ2n) is 10.2. The third-order valence-corrected chi connectivity index (χ3v) is 7.53. The number of methoxy groups -OCH3 is 1. The van der Waals surface area contributed by atoms with E-state index in [1.165, 1.54) is 0 Å². The zero-order valence-corrected chi connectivity index (χ0v) is 23.4. The molecule has 0 aromatic heterocycles. The summed E-state index contributed by atoms with van der Waals surface area (Å²) in [6, 6.07) is 18.9. The van der Waals surface area contributed by atoms with Gasteiger partial charge in [-0.1, -0.05) is 35.9 Å². The fraction of sp³-hybridized carbons (Fsp3) is 0.355. The van der Waals surface area contributed by atoms with E-state index in [1.54, 1.807) is 7.11 Å². The molecule has 0 saturated carbocycles. The lowest BCUT2D eigenvalue weighted by Gasteiger charge is -2.38. The van der Waals surface area contributed by atoms with E-state index < -0.39 is 0 Å². The first kappa shape index (κ1) is 27.0. The molecular formula is C31H33ClN2O5. The lowest BCUT2D eigenvalue weighted by molar-refractivity contribution is -0.145. The second kappa shape index (κ2) is 11.3. The molecule has 0 N–H and O–H groups in total. The van der Waals surface area contributed by atoms with E-state index in [-0.39, 0.29) is 43.0 Å². The Kier molecular flexibility index (Phi) is 7.82. The summed E-state index contributed by atoms with van der Waals surface area (Å²) in [4.78, 5) is 29.8. The summed E-state index contributed by atoms with van der Waals surface area (Å²) in [6.07, 6.45) is 0.193. The smallest absolute Gasteiger partial charge is 0.249 e. The summed E-state index contributed by atoms with van der Waals surface area (Å²) in [5, 5.41) is 0.627. The Morgan fingerprint density at radius 2 is 1.67 bits per heavy atom. The molecule has 2 amide bonds. The van der Waals surface area contributed by atoms with Gasteiger partial charge in [-0.15, -0.1) is 0 Å². The molecule has 0 radical (unpaired) electrons. The van der Waals surface area contributed by atoms with Crippen molar-refractivity contribution in [1.82, 2.24) is 4.90 Å². The van der Waals surface area contributed by atoms with Crippen LogP contribution in [0.3, 0.4) is 0 Å². The van der Waals surface area contributed by atoms with Crippen LogP contribution in [0.2, 0.25) is 5.02 Å². The van der Waals surface area contributed by atoms with Gasteiger partial charge in [-0.05, 0) is 79.4 Å². The summed E-state index contributed by atoms with van der Waals surface area (Å²) in [7, 11) is 1.61. The normalized spacial score (nSPS) is 18.3. The van der Waals surface area contributed by atoms with Gasteiger partial charge in [0.25, 0.3) is 0 Å². The van der Waals surface area contributed by atoms with Crippen molar-refractivity contribution < 1.29 is 23.8 Å². The largest absolute Gasteiger partial charge is 0.493 e. The predicted octanol–water partition coefficient (Wildman–Crippen LogP) is 5.73. The highest BCUT2D eigenvalue weighted by atomic mass is 35.5. The maximum atomic E-state index is 13.7. The van der Waals surface area contributed by atoms with Crippen molar-refractivity contribution in [2.75, 3.05) is 31.8 Å². The molecule has 3 aromatic rings. The number of hydrogen-bond donors (Lipinski definition) is 0. The van der Waals surface area contributed by atoms with E-state index in [4.69, 9.17) is 25.8 Å². The van der Waals surface area contributed by atoms with E-state index in [9.17, 15) is 9.59 Å². The zero-order chi connectivity index (χ0) is 27.7. The Morgan fingerprint density at radius 3 is 2.31 bits per heavy atom. The Labute approximate surface area is 234 Å². The number of nitrogens with zero attached hydrogens (tertiary/aromatic N) is 2. The maximum Gasteiger partial charge on any atom is 0.249 e. The molecule has 7 nitrogen and oxygen atoms in total. The van der Waals surface area contributed by atoms with Gasteiger partial charge in [-0.2, -0.15) is 0 Å². The number of benzene rings is 3. The van der Waals surface area contributed by atoms with Gasteiger partial charge < -0.3 is 24.0 Å². The third-order valence-electron chi connectivity index (χ3n) is 7.28. The predicted molar refractivity (Wildman–Crippen MR) is 151 cm³/mol. The highest BCUT2D eigenvalue weighted by Gasteiger charge is 2.36. The number of carbonyl (C=O) groups excluding carboxylic acids is 2. The molecule has 2 aliphatic rings. The van der Waals surface area contributed by atoms with Crippen LogP contribution in [0, 0.1) is 0 Å². The molecule has 1 fully saturated rings. The molecule has 8 heteroatoms. The third kappa shape index (κ3) is 5.47. The van der Waals surface area contributed by atoms with Crippen molar-refractivity contribution in [1.29, 1.82) is 0 Å². The topological polar surface area (TPSA) is 68.3 Å². The standard InChI is InChI=1S/C31H33ClN2O5/c1-19(2)39-28-17-26-23(15-27(28)37-4)16-29(35)34(31(26)22-5-9-24(32)10-6-22)25-11-7-21(8-12-25)20(3)33-13-14-38-18-30(33)36/h5-12,15,17,19-20,31H,13-14,16,18H2,1-4H3/t20-,31-/m0/s1. The van der Waals surface area contributed by atoms with Crippen molar-refractivity contribution in [2.45, 2.75) is 45.4 Å². The van der Waals surface area contributed by atoms with E-state index in [0.29, 0.717) is 29.7 Å². The molecule has 39 heavy (non-hydrogen) atoms. The summed E-state index contributed by atoms with van der Waals surface area (Å²) in [6.45, 7) is 7.16. The van der Waals surface area contributed by atoms with Crippen molar-refractivity contribution in [3.8, 4) is 11.5 Å². The molecule has 5 rings (SSSR count). The van der Waals surface area contributed by atoms with E-state index >= 15 is 0 Å². The number of amides is 2. The van der Waals surface area contributed by atoms with Gasteiger partial charge >= 0.3 is 0 Å². The van der Waals surface area contributed by atoms with Crippen LogP contribution < -0.4 is 14.4 Å².